The van der Waals surface area contributed by atoms with Crippen molar-refractivity contribution >= 4 is 11.8 Å². The highest BCUT2D eigenvalue weighted by molar-refractivity contribution is 5.90. The summed E-state index contributed by atoms with van der Waals surface area (Å²) < 4.78 is 5.31. The van der Waals surface area contributed by atoms with Crippen LogP contribution >= 0.6 is 0 Å². The van der Waals surface area contributed by atoms with Gasteiger partial charge in [-0.15, -0.1) is 0 Å². The van der Waals surface area contributed by atoms with Gasteiger partial charge in [-0.25, -0.2) is 0 Å². The van der Waals surface area contributed by atoms with Gasteiger partial charge in [-0.05, 0) is 31.7 Å². The minimum absolute atomic E-state index is 0.124. The first-order valence-electron chi connectivity index (χ1n) is 7.87. The van der Waals surface area contributed by atoms with Crippen LogP contribution in [-0.4, -0.2) is 53.2 Å². The molecule has 7 heteroatoms. The first-order chi connectivity index (χ1) is 10.6. The van der Waals surface area contributed by atoms with Crippen molar-refractivity contribution in [1.82, 2.24) is 15.1 Å². The number of primary amides is 1. The van der Waals surface area contributed by atoms with Gasteiger partial charge in [0, 0.05) is 43.8 Å². The third kappa shape index (κ3) is 3.14. The van der Waals surface area contributed by atoms with Gasteiger partial charge in [0.25, 0.3) is 5.91 Å². The molecule has 0 aliphatic carbocycles. The molecule has 2 amide bonds. The summed E-state index contributed by atoms with van der Waals surface area (Å²) in [5, 5.41) is 6.82. The molecule has 2 aliphatic heterocycles. The van der Waals surface area contributed by atoms with Crippen molar-refractivity contribution in [2.24, 2.45) is 11.7 Å². The Morgan fingerprint density at radius 1 is 1.23 bits per heavy atom. The highest BCUT2D eigenvalue weighted by atomic mass is 16.5. The standard InChI is InChI=1S/C15H22N4O3/c16-14(20)13-9-12(17-18-13)10-1-5-19(6-2-10)15(21)11-3-7-22-8-4-11/h9-11H,1-8H2,(H2,16,20)(H,17,18). The summed E-state index contributed by atoms with van der Waals surface area (Å²) in [5.74, 6) is 0.178. The van der Waals surface area contributed by atoms with Crippen LogP contribution in [0.25, 0.3) is 0 Å². The number of aromatic amines is 1. The van der Waals surface area contributed by atoms with Gasteiger partial charge in [0.15, 0.2) is 0 Å². The molecule has 0 atom stereocenters. The number of hydrogen-bond donors (Lipinski definition) is 2. The monoisotopic (exact) mass is 306 g/mol. The maximum Gasteiger partial charge on any atom is 0.269 e. The van der Waals surface area contributed by atoms with Gasteiger partial charge in [0.2, 0.25) is 5.91 Å². The average molecular weight is 306 g/mol. The van der Waals surface area contributed by atoms with Crippen molar-refractivity contribution in [2.45, 2.75) is 31.6 Å². The Kier molecular flexibility index (Phi) is 4.42. The van der Waals surface area contributed by atoms with E-state index in [-0.39, 0.29) is 17.5 Å². The number of amides is 2. The molecule has 22 heavy (non-hydrogen) atoms. The summed E-state index contributed by atoms with van der Waals surface area (Å²) in [5.41, 5.74) is 6.43. The van der Waals surface area contributed by atoms with E-state index >= 15 is 0 Å². The molecule has 0 radical (unpaired) electrons. The van der Waals surface area contributed by atoms with E-state index in [9.17, 15) is 9.59 Å². The molecule has 0 unspecified atom stereocenters. The third-order valence-electron chi connectivity index (χ3n) is 4.67. The first kappa shape index (κ1) is 15.0. The lowest BCUT2D eigenvalue weighted by atomic mass is 9.91. The van der Waals surface area contributed by atoms with Crippen LogP contribution in [0, 0.1) is 5.92 Å². The second-order valence-electron chi connectivity index (χ2n) is 6.06. The molecule has 0 bridgehead atoms. The van der Waals surface area contributed by atoms with Crippen molar-refractivity contribution in [3.63, 3.8) is 0 Å². The Bertz CT molecular complexity index is 543. The fourth-order valence-electron chi connectivity index (χ4n) is 3.29. The van der Waals surface area contributed by atoms with Crippen LogP contribution in [-0.2, 0) is 9.53 Å². The molecule has 1 aromatic rings. The predicted molar refractivity (Wildman–Crippen MR) is 79.2 cm³/mol. The van der Waals surface area contributed by atoms with E-state index in [0.29, 0.717) is 19.1 Å². The van der Waals surface area contributed by atoms with E-state index in [1.807, 2.05) is 4.90 Å². The van der Waals surface area contributed by atoms with Gasteiger partial charge in [-0.1, -0.05) is 0 Å². The summed E-state index contributed by atoms with van der Waals surface area (Å²) in [4.78, 5) is 25.5. The minimum atomic E-state index is -0.519. The smallest absolute Gasteiger partial charge is 0.269 e. The molecular formula is C15H22N4O3. The Hall–Kier alpha value is -1.89. The Morgan fingerprint density at radius 2 is 1.91 bits per heavy atom. The maximum atomic E-state index is 12.5. The van der Waals surface area contributed by atoms with Gasteiger partial charge < -0.3 is 15.4 Å². The van der Waals surface area contributed by atoms with E-state index in [2.05, 4.69) is 10.2 Å². The quantitative estimate of drug-likeness (QED) is 0.855. The molecule has 7 nitrogen and oxygen atoms in total. The molecule has 2 fully saturated rings. The lowest BCUT2D eigenvalue weighted by molar-refractivity contribution is -0.139. The molecule has 0 spiro atoms. The van der Waals surface area contributed by atoms with Gasteiger partial charge in [-0.3, -0.25) is 14.7 Å². The lowest BCUT2D eigenvalue weighted by Gasteiger charge is -2.34. The van der Waals surface area contributed by atoms with Crippen LogP contribution in [0.1, 0.15) is 47.8 Å². The van der Waals surface area contributed by atoms with Crippen molar-refractivity contribution in [1.29, 1.82) is 0 Å². The van der Waals surface area contributed by atoms with E-state index in [1.165, 1.54) is 0 Å². The number of H-pyrrole nitrogens is 1. The molecule has 120 valence electrons. The first-order valence-corrected chi connectivity index (χ1v) is 7.87. The second kappa shape index (κ2) is 6.48. The minimum Gasteiger partial charge on any atom is -0.381 e. The number of nitrogens with two attached hydrogens (primary N) is 1. The van der Waals surface area contributed by atoms with Crippen molar-refractivity contribution in [2.75, 3.05) is 26.3 Å². The lowest BCUT2D eigenvalue weighted by Crippen LogP contribution is -2.42. The summed E-state index contributed by atoms with van der Waals surface area (Å²) in [6.07, 6.45) is 3.44. The summed E-state index contributed by atoms with van der Waals surface area (Å²) in [6, 6.07) is 1.73. The maximum absolute atomic E-state index is 12.5. The zero-order valence-corrected chi connectivity index (χ0v) is 12.6. The van der Waals surface area contributed by atoms with Gasteiger partial charge in [0.1, 0.15) is 5.69 Å². The van der Waals surface area contributed by atoms with Crippen molar-refractivity contribution in [3.8, 4) is 0 Å². The molecule has 0 saturated carbocycles. The van der Waals surface area contributed by atoms with Gasteiger partial charge in [0.05, 0.1) is 0 Å². The molecule has 3 heterocycles. The zero-order valence-electron chi connectivity index (χ0n) is 12.6. The van der Waals surface area contributed by atoms with E-state index in [0.717, 1.165) is 44.5 Å². The SMILES string of the molecule is NC(=O)c1cc(C2CCN(C(=O)C3CCOCC3)CC2)[nH]n1. The zero-order chi connectivity index (χ0) is 15.5. The van der Waals surface area contributed by atoms with Crippen LogP contribution in [0.15, 0.2) is 6.07 Å². The van der Waals surface area contributed by atoms with Crippen LogP contribution in [0.5, 0.6) is 0 Å². The molecule has 3 N–H and O–H groups in total. The number of carbonyl (C=O) groups is 2. The van der Waals surface area contributed by atoms with Gasteiger partial charge >= 0.3 is 0 Å². The largest absolute Gasteiger partial charge is 0.381 e. The summed E-state index contributed by atoms with van der Waals surface area (Å²) in [6.45, 7) is 2.89. The number of carbonyl (C=O) groups excluding carboxylic acids is 2. The summed E-state index contributed by atoms with van der Waals surface area (Å²) >= 11 is 0. The van der Waals surface area contributed by atoms with Crippen LogP contribution in [0.3, 0.4) is 0 Å². The fourth-order valence-corrected chi connectivity index (χ4v) is 3.29. The number of ether oxygens (including phenoxy) is 1. The Labute approximate surface area is 129 Å². The van der Waals surface area contributed by atoms with E-state index < -0.39 is 5.91 Å². The molecule has 1 aromatic heterocycles. The number of rotatable bonds is 3. The fraction of sp³-hybridized carbons (Fsp3) is 0.667. The topological polar surface area (TPSA) is 101 Å². The van der Waals surface area contributed by atoms with E-state index in [4.69, 9.17) is 10.5 Å². The molecule has 2 aliphatic rings. The van der Waals surface area contributed by atoms with Crippen LogP contribution in [0.4, 0.5) is 0 Å². The normalized spacial score (nSPS) is 21.0. The third-order valence-corrected chi connectivity index (χ3v) is 4.67. The molecule has 0 aromatic carbocycles. The van der Waals surface area contributed by atoms with Crippen LogP contribution < -0.4 is 5.73 Å². The van der Waals surface area contributed by atoms with Crippen molar-refractivity contribution in [3.05, 3.63) is 17.5 Å². The van der Waals surface area contributed by atoms with E-state index in [1.54, 1.807) is 6.07 Å². The number of nitrogens with one attached hydrogen (secondary N) is 1. The van der Waals surface area contributed by atoms with Crippen LogP contribution in [0.2, 0.25) is 0 Å². The molecule has 2 saturated heterocycles. The second-order valence-corrected chi connectivity index (χ2v) is 6.06. The highest BCUT2D eigenvalue weighted by Gasteiger charge is 2.30. The number of piperidine rings is 1. The highest BCUT2D eigenvalue weighted by Crippen LogP contribution is 2.28. The van der Waals surface area contributed by atoms with Crippen molar-refractivity contribution < 1.29 is 14.3 Å². The Morgan fingerprint density at radius 3 is 2.50 bits per heavy atom. The average Bonchev–Trinajstić information content (AvgIpc) is 3.05. The number of nitrogens with zero attached hydrogens (tertiary/aromatic N) is 2. The Balaban J connectivity index is 1.55. The molecule has 3 rings (SSSR count). The molecular weight excluding hydrogens is 284 g/mol. The number of aromatic nitrogens is 2. The predicted octanol–water partition coefficient (Wildman–Crippen LogP) is 0.641. The summed E-state index contributed by atoms with van der Waals surface area (Å²) in [7, 11) is 0. The van der Waals surface area contributed by atoms with Gasteiger partial charge in [-0.2, -0.15) is 5.10 Å². The number of likely N-dealkylation sites (tertiary alicyclic amines) is 1. The number of hydrogen-bond acceptors (Lipinski definition) is 4.